The van der Waals surface area contributed by atoms with E-state index in [1.54, 1.807) is 30.5 Å². The highest BCUT2D eigenvalue weighted by Gasteiger charge is 2.36. The van der Waals surface area contributed by atoms with Crippen LogP contribution in [0.15, 0.2) is 83.4 Å². The molecule has 0 spiro atoms. The summed E-state index contributed by atoms with van der Waals surface area (Å²) in [6, 6.07) is 13.5. The third-order valence-corrected chi connectivity index (χ3v) is 6.99. The van der Waals surface area contributed by atoms with Gasteiger partial charge in [0, 0.05) is 19.3 Å². The summed E-state index contributed by atoms with van der Waals surface area (Å²) in [7, 11) is -4.26. The zero-order valence-corrected chi connectivity index (χ0v) is 22.9. The first-order chi connectivity index (χ1) is 18.4. The second-order valence-electron chi connectivity index (χ2n) is 10.2. The van der Waals surface area contributed by atoms with E-state index < -0.39 is 27.9 Å². The number of amides is 2. The van der Waals surface area contributed by atoms with E-state index in [4.69, 9.17) is 4.74 Å². The van der Waals surface area contributed by atoms with Crippen LogP contribution in [-0.2, 0) is 30.8 Å². The summed E-state index contributed by atoms with van der Waals surface area (Å²) in [4.78, 5) is 38.2. The Morgan fingerprint density at radius 3 is 2.31 bits per heavy atom. The van der Waals surface area contributed by atoms with E-state index in [0.717, 1.165) is 5.56 Å². The standard InChI is InChI=1S/C28H33N3O7S/c1-28(2,3)19-31-17-7-10-23(25(31)27(34)35)26(33)30-39(36,37)22-13-11-20(12-14-22)15-16-29-24(32)18-38-21-8-5-4-6-9-21/h4-14,17,25H,15-16,18-19H2,1-3H3,(H,29,32)(H,30,33)(H,34,35). The molecule has 1 heterocycles. The Morgan fingerprint density at radius 2 is 1.69 bits per heavy atom. The van der Waals surface area contributed by atoms with Gasteiger partial charge in [-0.3, -0.25) is 9.59 Å². The van der Waals surface area contributed by atoms with Gasteiger partial charge in [0.15, 0.2) is 12.6 Å². The number of hydrogen-bond acceptors (Lipinski definition) is 7. The number of para-hydroxylation sites is 1. The number of carbonyl (C=O) groups excluding carboxylic acids is 2. The molecule has 1 unspecified atom stereocenters. The third-order valence-electron chi connectivity index (χ3n) is 5.64. The minimum absolute atomic E-state index is 0.121. The molecule has 0 bridgehead atoms. The lowest BCUT2D eigenvalue weighted by molar-refractivity contribution is -0.142. The molecule has 3 N–H and O–H groups in total. The molecule has 0 saturated carbocycles. The second-order valence-corrected chi connectivity index (χ2v) is 11.9. The fourth-order valence-electron chi connectivity index (χ4n) is 3.92. The first-order valence-corrected chi connectivity index (χ1v) is 13.8. The first kappa shape index (κ1) is 29.4. The van der Waals surface area contributed by atoms with Crippen LogP contribution in [0, 0.1) is 5.41 Å². The molecule has 1 atom stereocenters. The van der Waals surface area contributed by atoms with Gasteiger partial charge in [0.05, 0.1) is 10.5 Å². The van der Waals surface area contributed by atoms with Gasteiger partial charge in [-0.1, -0.05) is 51.1 Å². The van der Waals surface area contributed by atoms with Crippen LogP contribution in [0.4, 0.5) is 0 Å². The van der Waals surface area contributed by atoms with Crippen molar-refractivity contribution in [1.29, 1.82) is 0 Å². The summed E-state index contributed by atoms with van der Waals surface area (Å²) in [5.74, 6) is -1.96. The van der Waals surface area contributed by atoms with Crippen LogP contribution in [0.2, 0.25) is 0 Å². The number of carboxylic acids is 1. The van der Waals surface area contributed by atoms with Gasteiger partial charge in [-0.2, -0.15) is 0 Å². The highest BCUT2D eigenvalue weighted by atomic mass is 32.2. The normalized spacial score (nSPS) is 15.3. The average molecular weight is 556 g/mol. The van der Waals surface area contributed by atoms with E-state index >= 15 is 0 Å². The average Bonchev–Trinajstić information content (AvgIpc) is 2.87. The molecule has 0 aliphatic carbocycles. The number of carbonyl (C=O) groups is 3. The summed E-state index contributed by atoms with van der Waals surface area (Å²) in [5, 5.41) is 12.5. The third kappa shape index (κ3) is 8.71. The van der Waals surface area contributed by atoms with Crippen LogP contribution >= 0.6 is 0 Å². The van der Waals surface area contributed by atoms with Crippen molar-refractivity contribution in [3.05, 3.63) is 84.1 Å². The zero-order valence-electron chi connectivity index (χ0n) is 22.1. The largest absolute Gasteiger partial charge is 0.484 e. The number of allylic oxidation sites excluding steroid dienone is 2. The molecule has 39 heavy (non-hydrogen) atoms. The van der Waals surface area contributed by atoms with Crippen LogP contribution in [0.1, 0.15) is 26.3 Å². The molecule has 1 aliphatic heterocycles. The summed E-state index contributed by atoms with van der Waals surface area (Å²) in [5.41, 5.74) is 0.332. The van der Waals surface area contributed by atoms with Gasteiger partial charge >= 0.3 is 5.97 Å². The highest BCUT2D eigenvalue weighted by Crippen LogP contribution is 2.24. The van der Waals surface area contributed by atoms with Gasteiger partial charge < -0.3 is 20.1 Å². The minimum Gasteiger partial charge on any atom is -0.484 e. The Bertz CT molecular complexity index is 1350. The van der Waals surface area contributed by atoms with Gasteiger partial charge in [-0.05, 0) is 53.8 Å². The van der Waals surface area contributed by atoms with E-state index in [-0.39, 0.29) is 28.4 Å². The fraction of sp³-hybridized carbons (Fsp3) is 0.321. The Kier molecular flexibility index (Phi) is 9.52. The molecule has 0 fully saturated rings. The van der Waals surface area contributed by atoms with Crippen LogP contribution in [0.25, 0.3) is 0 Å². The molecular formula is C28H33N3O7S. The highest BCUT2D eigenvalue weighted by molar-refractivity contribution is 7.90. The van der Waals surface area contributed by atoms with Crippen molar-refractivity contribution < 1.29 is 32.6 Å². The number of rotatable bonds is 11. The Morgan fingerprint density at radius 1 is 1.03 bits per heavy atom. The number of hydrogen-bond donors (Lipinski definition) is 3. The van der Waals surface area contributed by atoms with Crippen molar-refractivity contribution in [2.75, 3.05) is 19.7 Å². The van der Waals surface area contributed by atoms with Crippen molar-refractivity contribution in [2.24, 2.45) is 5.41 Å². The summed E-state index contributed by atoms with van der Waals surface area (Å²) in [6.45, 7) is 6.34. The van der Waals surface area contributed by atoms with Crippen molar-refractivity contribution >= 4 is 27.8 Å². The quantitative estimate of drug-likeness (QED) is 0.384. The zero-order chi connectivity index (χ0) is 28.6. The fourth-order valence-corrected chi connectivity index (χ4v) is 4.89. The van der Waals surface area contributed by atoms with Gasteiger partial charge in [0.25, 0.3) is 21.8 Å². The summed E-state index contributed by atoms with van der Waals surface area (Å²) >= 11 is 0. The first-order valence-electron chi connectivity index (χ1n) is 12.3. The number of benzene rings is 2. The summed E-state index contributed by atoms with van der Waals surface area (Å²) < 4.78 is 33.1. The van der Waals surface area contributed by atoms with Crippen molar-refractivity contribution in [2.45, 2.75) is 38.1 Å². The molecule has 0 aromatic heterocycles. The maximum Gasteiger partial charge on any atom is 0.331 e. The van der Waals surface area contributed by atoms with E-state index in [9.17, 15) is 27.9 Å². The van der Waals surface area contributed by atoms with Crippen LogP contribution in [-0.4, -0.2) is 61.9 Å². The van der Waals surface area contributed by atoms with Crippen molar-refractivity contribution in [3.63, 3.8) is 0 Å². The molecule has 10 nitrogen and oxygen atoms in total. The van der Waals surface area contributed by atoms with E-state index in [1.165, 1.54) is 29.2 Å². The van der Waals surface area contributed by atoms with E-state index in [2.05, 4.69) is 5.32 Å². The Labute approximate surface area is 228 Å². The molecular weight excluding hydrogens is 522 g/mol. The number of sulfonamides is 1. The predicted molar refractivity (Wildman–Crippen MR) is 145 cm³/mol. The lowest BCUT2D eigenvalue weighted by Crippen LogP contribution is -2.48. The molecule has 3 rings (SSSR count). The Hall–Kier alpha value is -4.12. The molecule has 1 aliphatic rings. The van der Waals surface area contributed by atoms with Crippen LogP contribution in [0.5, 0.6) is 5.75 Å². The molecule has 11 heteroatoms. The maximum absolute atomic E-state index is 12.9. The van der Waals surface area contributed by atoms with Gasteiger partial charge in [-0.25, -0.2) is 17.9 Å². The number of nitrogens with one attached hydrogen (secondary N) is 2. The van der Waals surface area contributed by atoms with Gasteiger partial charge in [-0.15, -0.1) is 0 Å². The molecule has 0 radical (unpaired) electrons. The molecule has 2 amide bonds. The molecule has 2 aromatic carbocycles. The van der Waals surface area contributed by atoms with Crippen molar-refractivity contribution in [3.8, 4) is 5.75 Å². The van der Waals surface area contributed by atoms with E-state index in [0.29, 0.717) is 25.3 Å². The van der Waals surface area contributed by atoms with E-state index in [1.807, 2.05) is 43.7 Å². The summed E-state index contributed by atoms with van der Waals surface area (Å²) in [6.07, 6.45) is 4.86. The smallest absolute Gasteiger partial charge is 0.331 e. The predicted octanol–water partition coefficient (Wildman–Crippen LogP) is 2.48. The van der Waals surface area contributed by atoms with Crippen LogP contribution < -0.4 is 14.8 Å². The number of aliphatic carboxylic acids is 1. The van der Waals surface area contributed by atoms with Gasteiger partial charge in [0.2, 0.25) is 0 Å². The number of ether oxygens (including phenoxy) is 1. The maximum atomic E-state index is 12.9. The molecule has 0 saturated heterocycles. The molecule has 2 aromatic rings. The number of carboxylic acid groups (broad SMARTS) is 1. The van der Waals surface area contributed by atoms with Crippen LogP contribution in [0.3, 0.4) is 0 Å². The number of nitrogens with zero attached hydrogens (tertiary/aromatic N) is 1. The topological polar surface area (TPSA) is 142 Å². The lowest BCUT2D eigenvalue weighted by Gasteiger charge is -2.35. The van der Waals surface area contributed by atoms with Gasteiger partial charge in [0.1, 0.15) is 5.75 Å². The minimum atomic E-state index is -4.26. The SMILES string of the molecule is CC(C)(C)CN1C=CC=C(C(=O)NS(=O)(=O)c2ccc(CCNC(=O)COc3ccccc3)cc2)C1C(=O)O. The molecule has 208 valence electrons. The van der Waals surface area contributed by atoms with Crippen molar-refractivity contribution in [1.82, 2.24) is 14.9 Å². The monoisotopic (exact) mass is 555 g/mol. The second kappa shape index (κ2) is 12.6. The Balaban J connectivity index is 1.56. The lowest BCUT2D eigenvalue weighted by atomic mass is 9.93.